The summed E-state index contributed by atoms with van der Waals surface area (Å²) < 4.78 is 13.5. The normalized spacial score (nSPS) is 10.4. The van der Waals surface area contributed by atoms with Gasteiger partial charge in [0.15, 0.2) is 0 Å². The van der Waals surface area contributed by atoms with E-state index in [1.54, 1.807) is 18.3 Å². The van der Waals surface area contributed by atoms with Crippen LogP contribution in [0.25, 0.3) is 10.8 Å². The number of benzene rings is 2. The van der Waals surface area contributed by atoms with E-state index in [1.807, 2.05) is 30.3 Å². The molecule has 2 amide bonds. The Kier molecular flexibility index (Phi) is 3.96. The van der Waals surface area contributed by atoms with Crippen LogP contribution in [-0.2, 0) is 6.54 Å². The van der Waals surface area contributed by atoms with Gasteiger partial charge in [-0.05, 0) is 23.6 Å². The number of fused-ring (bicyclic) bond motifs is 1. The highest BCUT2D eigenvalue weighted by molar-refractivity contribution is 5.90. The number of urea groups is 1. The van der Waals surface area contributed by atoms with Gasteiger partial charge in [-0.2, -0.15) is 0 Å². The van der Waals surface area contributed by atoms with Gasteiger partial charge in [-0.25, -0.2) is 9.18 Å². The molecule has 0 atom stereocenters. The molecule has 2 N–H and O–H groups in total. The predicted molar refractivity (Wildman–Crippen MR) is 84.0 cm³/mol. The fraction of sp³-hybridized carbons (Fsp3) is 0.0588. The molecule has 0 aliphatic carbocycles. The molecule has 4 nitrogen and oxygen atoms in total. The molecular weight excluding hydrogens is 281 g/mol. The van der Waals surface area contributed by atoms with Crippen LogP contribution in [-0.4, -0.2) is 11.0 Å². The van der Waals surface area contributed by atoms with E-state index in [2.05, 4.69) is 15.6 Å². The summed E-state index contributed by atoms with van der Waals surface area (Å²) in [6.45, 7) is 0.266. The zero-order valence-corrected chi connectivity index (χ0v) is 11.7. The van der Waals surface area contributed by atoms with Crippen molar-refractivity contribution in [2.75, 3.05) is 5.32 Å². The van der Waals surface area contributed by atoms with Gasteiger partial charge < -0.3 is 10.6 Å². The molecule has 3 rings (SSSR count). The van der Waals surface area contributed by atoms with Gasteiger partial charge >= 0.3 is 6.03 Å². The molecule has 0 bridgehead atoms. The second-order valence-electron chi connectivity index (χ2n) is 4.77. The lowest BCUT2D eigenvalue weighted by atomic mass is 10.1. The number of carbonyl (C=O) groups is 1. The Morgan fingerprint density at radius 2 is 1.82 bits per heavy atom. The number of carbonyl (C=O) groups excluding carboxylic acids is 1. The van der Waals surface area contributed by atoms with E-state index in [1.165, 1.54) is 12.1 Å². The molecule has 0 fully saturated rings. The van der Waals surface area contributed by atoms with Crippen LogP contribution < -0.4 is 10.6 Å². The van der Waals surface area contributed by atoms with E-state index in [4.69, 9.17) is 0 Å². The molecule has 3 aromatic rings. The van der Waals surface area contributed by atoms with Crippen molar-refractivity contribution in [1.82, 2.24) is 10.3 Å². The summed E-state index contributed by atoms with van der Waals surface area (Å²) >= 11 is 0. The minimum atomic E-state index is -0.472. The molecule has 5 heteroatoms. The van der Waals surface area contributed by atoms with Crippen molar-refractivity contribution in [1.29, 1.82) is 0 Å². The first-order chi connectivity index (χ1) is 10.7. The van der Waals surface area contributed by atoms with Crippen molar-refractivity contribution in [3.05, 3.63) is 72.3 Å². The summed E-state index contributed by atoms with van der Waals surface area (Å²) in [6.07, 6.45) is 1.70. The number of pyridine rings is 1. The Morgan fingerprint density at radius 1 is 1.05 bits per heavy atom. The molecule has 2 aromatic carbocycles. The van der Waals surface area contributed by atoms with Crippen LogP contribution in [0.5, 0.6) is 0 Å². The summed E-state index contributed by atoms with van der Waals surface area (Å²) in [6, 6.07) is 15.3. The Hall–Kier alpha value is -2.95. The van der Waals surface area contributed by atoms with Crippen molar-refractivity contribution < 1.29 is 9.18 Å². The van der Waals surface area contributed by atoms with Gasteiger partial charge in [-0.1, -0.05) is 36.4 Å². The first-order valence-corrected chi connectivity index (χ1v) is 6.86. The third-order valence-electron chi connectivity index (χ3n) is 3.29. The van der Waals surface area contributed by atoms with Crippen LogP contribution in [0.1, 0.15) is 5.69 Å². The lowest BCUT2D eigenvalue weighted by Crippen LogP contribution is -2.29. The Morgan fingerprint density at radius 3 is 2.68 bits per heavy atom. The second-order valence-corrected chi connectivity index (χ2v) is 4.77. The number of amides is 2. The van der Waals surface area contributed by atoms with E-state index in [9.17, 15) is 9.18 Å². The molecule has 1 aromatic heterocycles. The second kappa shape index (κ2) is 6.22. The summed E-state index contributed by atoms with van der Waals surface area (Å²) in [7, 11) is 0. The molecule has 0 unspecified atom stereocenters. The summed E-state index contributed by atoms with van der Waals surface area (Å²) in [5.74, 6) is -0.471. The largest absolute Gasteiger partial charge is 0.332 e. The molecule has 110 valence electrons. The van der Waals surface area contributed by atoms with E-state index >= 15 is 0 Å². The molecule has 0 saturated heterocycles. The molecule has 0 aliphatic heterocycles. The van der Waals surface area contributed by atoms with Gasteiger partial charge in [0.2, 0.25) is 0 Å². The van der Waals surface area contributed by atoms with Gasteiger partial charge in [-0.15, -0.1) is 0 Å². The smallest absolute Gasteiger partial charge is 0.319 e. The van der Waals surface area contributed by atoms with Crippen LogP contribution in [0.2, 0.25) is 0 Å². The summed E-state index contributed by atoms with van der Waals surface area (Å²) in [5, 5.41) is 7.20. The number of para-hydroxylation sites is 1. The average Bonchev–Trinajstić information content (AvgIpc) is 2.55. The van der Waals surface area contributed by atoms with E-state index in [0.29, 0.717) is 0 Å². The minimum Gasteiger partial charge on any atom is -0.332 e. The van der Waals surface area contributed by atoms with Gasteiger partial charge in [-0.3, -0.25) is 4.98 Å². The van der Waals surface area contributed by atoms with E-state index in [0.717, 1.165) is 16.5 Å². The summed E-state index contributed by atoms with van der Waals surface area (Å²) in [5.41, 5.74) is 0.910. The first kappa shape index (κ1) is 14.0. The highest BCUT2D eigenvalue weighted by Crippen LogP contribution is 2.16. The topological polar surface area (TPSA) is 54.0 Å². The SMILES string of the molecule is O=C(NCc1nccc2ccccc12)Nc1ccccc1F. The van der Waals surface area contributed by atoms with Crippen molar-refractivity contribution >= 4 is 22.5 Å². The van der Waals surface area contributed by atoms with Crippen LogP contribution in [0.15, 0.2) is 60.8 Å². The maximum absolute atomic E-state index is 13.5. The molecule has 0 radical (unpaired) electrons. The Bertz CT molecular complexity index is 814. The highest BCUT2D eigenvalue weighted by atomic mass is 19.1. The van der Waals surface area contributed by atoms with Gasteiger partial charge in [0.25, 0.3) is 0 Å². The number of nitrogens with zero attached hydrogens (tertiary/aromatic N) is 1. The zero-order chi connectivity index (χ0) is 15.4. The lowest BCUT2D eigenvalue weighted by Gasteiger charge is -2.09. The number of halogens is 1. The maximum atomic E-state index is 13.5. The van der Waals surface area contributed by atoms with Crippen molar-refractivity contribution in [3.8, 4) is 0 Å². The number of hydrogen-bond acceptors (Lipinski definition) is 2. The third-order valence-corrected chi connectivity index (χ3v) is 3.29. The summed E-state index contributed by atoms with van der Waals surface area (Å²) in [4.78, 5) is 16.1. The number of nitrogens with one attached hydrogen (secondary N) is 2. The molecule has 0 saturated carbocycles. The standard InChI is InChI=1S/C17H14FN3O/c18-14-7-3-4-8-15(14)21-17(22)20-11-16-13-6-2-1-5-12(13)9-10-19-16/h1-10H,11H2,(H2,20,21,22). The average molecular weight is 295 g/mol. The quantitative estimate of drug-likeness (QED) is 0.774. The van der Waals surface area contributed by atoms with Crippen LogP contribution >= 0.6 is 0 Å². The van der Waals surface area contributed by atoms with Crippen LogP contribution in [0.4, 0.5) is 14.9 Å². The van der Waals surface area contributed by atoms with Gasteiger partial charge in [0.1, 0.15) is 5.82 Å². The van der Waals surface area contributed by atoms with E-state index in [-0.39, 0.29) is 12.2 Å². The fourth-order valence-electron chi connectivity index (χ4n) is 2.22. The number of rotatable bonds is 3. The maximum Gasteiger partial charge on any atom is 0.319 e. The minimum absolute atomic E-state index is 0.144. The van der Waals surface area contributed by atoms with Crippen molar-refractivity contribution in [3.63, 3.8) is 0 Å². The van der Waals surface area contributed by atoms with Crippen molar-refractivity contribution in [2.45, 2.75) is 6.54 Å². The predicted octanol–water partition coefficient (Wildman–Crippen LogP) is 3.70. The molecule has 0 aliphatic rings. The van der Waals surface area contributed by atoms with Gasteiger partial charge in [0, 0.05) is 11.6 Å². The number of aromatic nitrogens is 1. The fourth-order valence-corrected chi connectivity index (χ4v) is 2.22. The van der Waals surface area contributed by atoms with Crippen molar-refractivity contribution in [2.24, 2.45) is 0 Å². The number of anilines is 1. The van der Waals surface area contributed by atoms with Crippen LogP contribution in [0.3, 0.4) is 0 Å². The molecule has 0 spiro atoms. The Labute approximate surface area is 127 Å². The highest BCUT2D eigenvalue weighted by Gasteiger charge is 2.07. The Balaban J connectivity index is 1.69. The number of hydrogen-bond donors (Lipinski definition) is 2. The molecule has 22 heavy (non-hydrogen) atoms. The van der Waals surface area contributed by atoms with Gasteiger partial charge in [0.05, 0.1) is 17.9 Å². The van der Waals surface area contributed by atoms with E-state index < -0.39 is 11.8 Å². The van der Waals surface area contributed by atoms with Crippen LogP contribution in [0, 0.1) is 5.82 Å². The monoisotopic (exact) mass is 295 g/mol. The first-order valence-electron chi connectivity index (χ1n) is 6.86. The molecular formula is C17H14FN3O. The zero-order valence-electron chi connectivity index (χ0n) is 11.7. The molecule has 1 heterocycles. The lowest BCUT2D eigenvalue weighted by molar-refractivity contribution is 0.251. The third kappa shape index (κ3) is 3.03.